The van der Waals surface area contributed by atoms with E-state index in [1.54, 1.807) is 12.1 Å². The topological polar surface area (TPSA) is 96.6 Å². The number of nitrogens with one attached hydrogen (secondary N) is 2. The summed E-state index contributed by atoms with van der Waals surface area (Å²) in [6, 6.07) is 12.0. The van der Waals surface area contributed by atoms with E-state index in [9.17, 15) is 8.42 Å². The first-order chi connectivity index (χ1) is 13.3. The van der Waals surface area contributed by atoms with Crippen LogP contribution in [0.25, 0.3) is 0 Å². The summed E-state index contributed by atoms with van der Waals surface area (Å²) < 4.78 is 22.9. The van der Waals surface area contributed by atoms with E-state index < -0.39 is 10.0 Å². The van der Waals surface area contributed by atoms with Crippen LogP contribution in [0, 0.1) is 0 Å². The van der Waals surface area contributed by atoms with Gasteiger partial charge in [-0.05, 0) is 55.2 Å². The second-order valence-electron chi connectivity index (χ2n) is 6.15. The SMILES string of the molecule is CCNC(=NCc1cccc(S(N)(=O)=O)c1)NCCCc1ccc(Cl)cc1Cl.I. The van der Waals surface area contributed by atoms with Crippen molar-refractivity contribution in [1.29, 1.82) is 0 Å². The second kappa shape index (κ2) is 12.6. The molecule has 160 valence electrons. The lowest BCUT2D eigenvalue weighted by Crippen LogP contribution is -2.37. The zero-order valence-electron chi connectivity index (χ0n) is 16.0. The number of hydrogen-bond acceptors (Lipinski definition) is 3. The van der Waals surface area contributed by atoms with Crippen LogP contribution in [0.4, 0.5) is 0 Å². The molecule has 0 bridgehead atoms. The summed E-state index contributed by atoms with van der Waals surface area (Å²) >= 11 is 12.1. The molecule has 0 atom stereocenters. The summed E-state index contributed by atoms with van der Waals surface area (Å²) in [5, 5.41) is 12.9. The molecule has 0 aliphatic rings. The van der Waals surface area contributed by atoms with Crippen molar-refractivity contribution in [2.75, 3.05) is 13.1 Å². The van der Waals surface area contributed by atoms with Crippen molar-refractivity contribution in [1.82, 2.24) is 10.6 Å². The van der Waals surface area contributed by atoms with Crippen molar-refractivity contribution >= 4 is 63.2 Å². The quantitative estimate of drug-likeness (QED) is 0.194. The van der Waals surface area contributed by atoms with Crippen molar-refractivity contribution in [3.8, 4) is 0 Å². The van der Waals surface area contributed by atoms with Crippen LogP contribution >= 0.6 is 47.2 Å². The van der Waals surface area contributed by atoms with Crippen molar-refractivity contribution in [2.45, 2.75) is 31.2 Å². The molecule has 0 aromatic heterocycles. The fourth-order valence-electron chi connectivity index (χ4n) is 2.54. The Morgan fingerprint density at radius 2 is 1.90 bits per heavy atom. The highest BCUT2D eigenvalue weighted by atomic mass is 127. The fourth-order valence-corrected chi connectivity index (χ4v) is 3.63. The normalized spacial score (nSPS) is 11.7. The van der Waals surface area contributed by atoms with Crippen LogP contribution in [0.1, 0.15) is 24.5 Å². The van der Waals surface area contributed by atoms with Gasteiger partial charge in [0.25, 0.3) is 0 Å². The number of primary sulfonamides is 1. The molecule has 0 fully saturated rings. The van der Waals surface area contributed by atoms with E-state index >= 15 is 0 Å². The molecule has 0 aliphatic heterocycles. The fraction of sp³-hybridized carbons (Fsp3) is 0.316. The minimum atomic E-state index is -3.72. The maximum atomic E-state index is 11.5. The van der Waals surface area contributed by atoms with Gasteiger partial charge in [0.2, 0.25) is 10.0 Å². The van der Waals surface area contributed by atoms with Gasteiger partial charge >= 0.3 is 0 Å². The maximum absolute atomic E-state index is 11.5. The number of halogens is 3. The molecule has 0 amide bonds. The molecule has 6 nitrogen and oxygen atoms in total. The first-order valence-corrected chi connectivity index (χ1v) is 11.2. The zero-order chi connectivity index (χ0) is 20.6. The van der Waals surface area contributed by atoms with Gasteiger partial charge in [-0.25, -0.2) is 18.5 Å². The highest BCUT2D eigenvalue weighted by Gasteiger charge is 2.08. The number of nitrogens with two attached hydrogens (primary N) is 1. The average Bonchev–Trinajstić information content (AvgIpc) is 2.64. The molecular weight excluding hydrogens is 546 g/mol. The molecule has 29 heavy (non-hydrogen) atoms. The number of aliphatic imine (C=N–C) groups is 1. The summed E-state index contributed by atoms with van der Waals surface area (Å²) in [5.41, 5.74) is 1.81. The predicted octanol–water partition coefficient (Wildman–Crippen LogP) is 3.95. The molecule has 0 heterocycles. The largest absolute Gasteiger partial charge is 0.357 e. The zero-order valence-corrected chi connectivity index (χ0v) is 20.6. The number of aryl methyl sites for hydroxylation is 1. The summed E-state index contributed by atoms with van der Waals surface area (Å²) in [7, 11) is -3.72. The Labute approximate surface area is 199 Å². The predicted molar refractivity (Wildman–Crippen MR) is 131 cm³/mol. The van der Waals surface area contributed by atoms with Crippen molar-refractivity contribution in [3.63, 3.8) is 0 Å². The average molecular weight is 571 g/mol. The molecule has 0 saturated heterocycles. The molecule has 0 spiro atoms. The number of rotatable bonds is 8. The number of nitrogens with zero attached hydrogens (tertiary/aromatic N) is 1. The number of guanidine groups is 1. The molecule has 0 unspecified atom stereocenters. The van der Waals surface area contributed by atoms with E-state index in [0.29, 0.717) is 35.6 Å². The van der Waals surface area contributed by atoms with E-state index in [1.807, 2.05) is 25.1 Å². The molecule has 0 radical (unpaired) electrons. The van der Waals surface area contributed by atoms with Gasteiger partial charge in [-0.15, -0.1) is 24.0 Å². The smallest absolute Gasteiger partial charge is 0.238 e. The monoisotopic (exact) mass is 570 g/mol. The first-order valence-electron chi connectivity index (χ1n) is 8.87. The molecule has 0 saturated carbocycles. The summed E-state index contributed by atoms with van der Waals surface area (Å²) in [4.78, 5) is 4.58. The minimum absolute atomic E-state index is 0. The van der Waals surface area contributed by atoms with Crippen molar-refractivity contribution in [2.24, 2.45) is 10.1 Å². The van der Waals surface area contributed by atoms with Crippen molar-refractivity contribution < 1.29 is 8.42 Å². The Kier molecular flexibility index (Phi) is 11.3. The molecule has 4 N–H and O–H groups in total. The molecule has 2 aromatic rings. The van der Waals surface area contributed by atoms with E-state index in [1.165, 1.54) is 12.1 Å². The van der Waals surface area contributed by atoms with E-state index in [2.05, 4.69) is 15.6 Å². The molecule has 2 rings (SSSR count). The van der Waals surface area contributed by atoms with Crippen LogP contribution < -0.4 is 15.8 Å². The van der Waals surface area contributed by atoms with Crippen LogP contribution in [0.3, 0.4) is 0 Å². The third-order valence-corrected chi connectivity index (χ3v) is 5.42. The van der Waals surface area contributed by atoms with Crippen LogP contribution in [0.15, 0.2) is 52.4 Å². The van der Waals surface area contributed by atoms with E-state index in [-0.39, 0.29) is 28.9 Å². The van der Waals surface area contributed by atoms with Gasteiger partial charge in [0.15, 0.2) is 5.96 Å². The Bertz CT molecular complexity index is 940. The standard InChI is InChI=1S/C19H24Cl2N4O2S.HI/c1-2-23-19(24-10-4-6-15-8-9-16(20)12-18(15)21)25-13-14-5-3-7-17(11-14)28(22,26)27;/h3,5,7-9,11-12H,2,4,6,10,13H2,1H3,(H2,22,26,27)(H2,23,24,25);1H. The highest BCUT2D eigenvalue weighted by molar-refractivity contribution is 14.0. The van der Waals surface area contributed by atoms with E-state index in [4.69, 9.17) is 28.3 Å². The van der Waals surface area contributed by atoms with Crippen LogP contribution in [-0.4, -0.2) is 27.5 Å². The van der Waals surface area contributed by atoms with Crippen LogP contribution in [0.2, 0.25) is 10.0 Å². The lowest BCUT2D eigenvalue weighted by Gasteiger charge is -2.12. The van der Waals surface area contributed by atoms with Crippen LogP contribution in [-0.2, 0) is 23.0 Å². The molecule has 0 aliphatic carbocycles. The summed E-state index contributed by atoms with van der Waals surface area (Å²) in [5.74, 6) is 0.658. The van der Waals surface area contributed by atoms with Crippen molar-refractivity contribution in [3.05, 3.63) is 63.6 Å². The molecule has 2 aromatic carbocycles. The summed E-state index contributed by atoms with van der Waals surface area (Å²) in [6.07, 6.45) is 1.69. The maximum Gasteiger partial charge on any atom is 0.238 e. The number of benzene rings is 2. The van der Waals surface area contributed by atoms with Gasteiger partial charge in [0.1, 0.15) is 0 Å². The van der Waals surface area contributed by atoms with Gasteiger partial charge in [-0.2, -0.15) is 0 Å². The Morgan fingerprint density at radius 1 is 1.14 bits per heavy atom. The van der Waals surface area contributed by atoms with Crippen LogP contribution in [0.5, 0.6) is 0 Å². The van der Waals surface area contributed by atoms with Gasteiger partial charge in [-0.1, -0.05) is 41.4 Å². The molecular formula is C19H25Cl2IN4O2S. The molecule has 10 heteroatoms. The third kappa shape index (κ3) is 9.08. The second-order valence-corrected chi connectivity index (χ2v) is 8.56. The third-order valence-electron chi connectivity index (χ3n) is 3.92. The Balaban J connectivity index is 0.00000420. The summed E-state index contributed by atoms with van der Waals surface area (Å²) in [6.45, 7) is 3.74. The number of sulfonamides is 1. The number of hydrogen-bond donors (Lipinski definition) is 3. The Hall–Kier alpha value is -1.07. The highest BCUT2D eigenvalue weighted by Crippen LogP contribution is 2.21. The first kappa shape index (κ1) is 26.0. The lowest BCUT2D eigenvalue weighted by molar-refractivity contribution is 0.597. The van der Waals surface area contributed by atoms with Gasteiger partial charge < -0.3 is 10.6 Å². The Morgan fingerprint density at radius 3 is 2.55 bits per heavy atom. The van der Waals surface area contributed by atoms with E-state index in [0.717, 1.165) is 24.0 Å². The van der Waals surface area contributed by atoms with Gasteiger partial charge in [0.05, 0.1) is 11.4 Å². The van der Waals surface area contributed by atoms with Gasteiger partial charge in [-0.3, -0.25) is 0 Å². The lowest BCUT2D eigenvalue weighted by atomic mass is 10.1. The minimum Gasteiger partial charge on any atom is -0.357 e. The van der Waals surface area contributed by atoms with Gasteiger partial charge in [0, 0.05) is 23.1 Å².